The number of nitrogens with zero attached hydrogens (tertiary/aromatic N) is 2. The van der Waals surface area contributed by atoms with Crippen LogP contribution in [-0.4, -0.2) is 17.1 Å². The molecule has 0 saturated carbocycles. The van der Waals surface area contributed by atoms with Gasteiger partial charge in [-0.05, 0) is 120 Å². The Morgan fingerprint density at radius 3 is 1.62 bits per heavy atom. The van der Waals surface area contributed by atoms with Crippen LogP contribution in [0.25, 0.3) is 99.8 Å². The van der Waals surface area contributed by atoms with E-state index in [4.69, 9.17) is 9.72 Å². The van der Waals surface area contributed by atoms with E-state index < -0.39 is 0 Å². The van der Waals surface area contributed by atoms with Crippen LogP contribution in [0.4, 0.5) is 0 Å². The second kappa shape index (κ2) is 12.2. The summed E-state index contributed by atoms with van der Waals surface area (Å²) < 4.78 is 5.91. The van der Waals surface area contributed by atoms with Crippen molar-refractivity contribution in [3.63, 3.8) is 0 Å². The van der Waals surface area contributed by atoms with Crippen LogP contribution in [0, 0.1) is 0 Å². The first-order chi connectivity index (χ1) is 25.8. The molecule has 3 nitrogen and oxygen atoms in total. The number of methoxy groups -OCH3 is 1. The van der Waals surface area contributed by atoms with Gasteiger partial charge in [-0.1, -0.05) is 127 Å². The number of rotatable bonds is 6. The van der Waals surface area contributed by atoms with E-state index in [1.165, 1.54) is 66.1 Å². The number of hydrogen-bond acceptors (Lipinski definition) is 3. The van der Waals surface area contributed by atoms with Gasteiger partial charge in [0.05, 0.1) is 24.2 Å². The molecule has 0 aliphatic heterocycles. The molecule has 244 valence electrons. The summed E-state index contributed by atoms with van der Waals surface area (Å²) in [5, 5.41) is 5.01. The number of pyridine rings is 2. The summed E-state index contributed by atoms with van der Waals surface area (Å²) in [4.78, 5) is 9.57. The highest BCUT2D eigenvalue weighted by Gasteiger charge is 2.31. The minimum absolute atomic E-state index is 0.785. The highest BCUT2D eigenvalue weighted by Crippen LogP contribution is 2.58. The Bertz CT molecular complexity index is 2720. The van der Waals surface area contributed by atoms with Crippen LogP contribution in [-0.2, 0) is 0 Å². The van der Waals surface area contributed by atoms with Gasteiger partial charge in [-0.2, -0.15) is 0 Å². The zero-order valence-electron chi connectivity index (χ0n) is 28.5. The second-order valence-electron chi connectivity index (χ2n) is 13.2. The van der Waals surface area contributed by atoms with Crippen molar-refractivity contribution in [2.75, 3.05) is 7.11 Å². The maximum absolute atomic E-state index is 5.91. The van der Waals surface area contributed by atoms with Crippen LogP contribution in [0.2, 0.25) is 0 Å². The van der Waals surface area contributed by atoms with Crippen molar-refractivity contribution >= 4 is 21.5 Å². The fourth-order valence-electron chi connectivity index (χ4n) is 8.13. The number of benzene rings is 7. The van der Waals surface area contributed by atoms with E-state index >= 15 is 0 Å². The van der Waals surface area contributed by atoms with Gasteiger partial charge in [0.15, 0.2) is 0 Å². The van der Waals surface area contributed by atoms with Crippen molar-refractivity contribution in [2.45, 2.75) is 0 Å². The normalized spacial score (nSPS) is 11.6. The molecule has 2 heterocycles. The van der Waals surface area contributed by atoms with E-state index in [1.807, 2.05) is 30.3 Å². The smallest absolute Gasteiger partial charge is 0.120 e. The lowest BCUT2D eigenvalue weighted by molar-refractivity contribution is 0.415. The zero-order valence-corrected chi connectivity index (χ0v) is 28.5. The minimum Gasteiger partial charge on any atom is -0.497 e. The molecule has 9 aromatic rings. The molecule has 1 aliphatic rings. The summed E-state index contributed by atoms with van der Waals surface area (Å²) >= 11 is 0. The van der Waals surface area contributed by atoms with Crippen LogP contribution >= 0.6 is 0 Å². The topological polar surface area (TPSA) is 35.0 Å². The summed E-state index contributed by atoms with van der Waals surface area (Å²) in [6, 6.07) is 60.5. The predicted molar refractivity (Wildman–Crippen MR) is 215 cm³/mol. The van der Waals surface area contributed by atoms with Crippen molar-refractivity contribution in [1.82, 2.24) is 9.97 Å². The molecular formula is C49H32N2O. The molecule has 2 aromatic heterocycles. The van der Waals surface area contributed by atoms with Crippen molar-refractivity contribution in [3.05, 3.63) is 176 Å². The fraction of sp³-hybridized carbons (Fsp3) is 0.0204. The summed E-state index contributed by atoms with van der Waals surface area (Å²) in [5.41, 5.74) is 15.9. The molecule has 3 heteroatoms. The monoisotopic (exact) mass is 664 g/mol. The molecule has 0 saturated heterocycles. The maximum atomic E-state index is 5.91. The first-order valence-electron chi connectivity index (χ1n) is 17.6. The first kappa shape index (κ1) is 30.0. The third kappa shape index (κ3) is 4.74. The standard InChI is InChI=1S/C49H32N2O/c1-52-35-29-33(28-34(30-35)42-23-13-24-44(51-42)43-22-10-11-27-50-43)36-25-26-41-47-37(36)20-12-21-40(47)48-45(31-14-4-2-5-15-31)38-18-8-9-19-39(38)46(49(41)48)32-16-6-3-7-17-32/h2-30H,1H3. The molecule has 0 amide bonds. The Balaban J connectivity index is 1.23. The molecule has 10 rings (SSSR count). The lowest BCUT2D eigenvalue weighted by Gasteiger charge is -2.20. The van der Waals surface area contributed by atoms with Crippen LogP contribution in [0.5, 0.6) is 5.75 Å². The van der Waals surface area contributed by atoms with Crippen molar-refractivity contribution in [2.24, 2.45) is 0 Å². The van der Waals surface area contributed by atoms with Crippen LogP contribution in [0.3, 0.4) is 0 Å². The molecule has 0 atom stereocenters. The van der Waals surface area contributed by atoms with E-state index in [-0.39, 0.29) is 0 Å². The van der Waals surface area contributed by atoms with Gasteiger partial charge in [-0.15, -0.1) is 0 Å². The summed E-state index contributed by atoms with van der Waals surface area (Å²) in [7, 11) is 1.73. The predicted octanol–water partition coefficient (Wildman–Crippen LogP) is 12.8. The Kier molecular flexibility index (Phi) is 7.04. The molecule has 7 aromatic carbocycles. The molecule has 0 radical (unpaired) electrons. The maximum Gasteiger partial charge on any atom is 0.120 e. The lowest BCUT2D eigenvalue weighted by Crippen LogP contribution is -1.93. The average molecular weight is 665 g/mol. The number of aromatic nitrogens is 2. The van der Waals surface area contributed by atoms with Crippen LogP contribution < -0.4 is 4.74 Å². The molecule has 0 fully saturated rings. The van der Waals surface area contributed by atoms with E-state index in [0.717, 1.165) is 39.5 Å². The van der Waals surface area contributed by atoms with Gasteiger partial charge in [0.1, 0.15) is 5.75 Å². The van der Waals surface area contributed by atoms with E-state index in [0.29, 0.717) is 0 Å². The van der Waals surface area contributed by atoms with Gasteiger partial charge in [-0.3, -0.25) is 4.98 Å². The van der Waals surface area contributed by atoms with E-state index in [2.05, 4.69) is 145 Å². The van der Waals surface area contributed by atoms with Gasteiger partial charge in [0.25, 0.3) is 0 Å². The molecule has 0 bridgehead atoms. The van der Waals surface area contributed by atoms with Crippen molar-refractivity contribution < 1.29 is 4.74 Å². The number of hydrogen-bond donors (Lipinski definition) is 0. The van der Waals surface area contributed by atoms with E-state index in [1.54, 1.807) is 13.3 Å². The van der Waals surface area contributed by atoms with Crippen LogP contribution in [0.1, 0.15) is 0 Å². The second-order valence-corrected chi connectivity index (χ2v) is 13.2. The Morgan fingerprint density at radius 2 is 0.942 bits per heavy atom. The molecule has 52 heavy (non-hydrogen) atoms. The summed E-state index contributed by atoms with van der Waals surface area (Å²) in [6.45, 7) is 0. The molecule has 0 unspecified atom stereocenters. The highest BCUT2D eigenvalue weighted by molar-refractivity contribution is 6.28. The molecule has 0 N–H and O–H groups in total. The number of fused-ring (bicyclic) bond motifs is 4. The molecular weight excluding hydrogens is 633 g/mol. The first-order valence-corrected chi connectivity index (χ1v) is 17.6. The van der Waals surface area contributed by atoms with Gasteiger partial charge in [0, 0.05) is 11.8 Å². The van der Waals surface area contributed by atoms with Gasteiger partial charge in [-0.25, -0.2) is 4.98 Å². The van der Waals surface area contributed by atoms with Crippen LogP contribution in [0.15, 0.2) is 176 Å². The summed E-state index contributed by atoms with van der Waals surface area (Å²) in [6.07, 6.45) is 1.80. The summed E-state index contributed by atoms with van der Waals surface area (Å²) in [5.74, 6) is 0.785. The largest absolute Gasteiger partial charge is 0.497 e. The Labute approximate surface area is 302 Å². The Morgan fingerprint density at radius 1 is 0.385 bits per heavy atom. The lowest BCUT2D eigenvalue weighted by atomic mass is 9.82. The van der Waals surface area contributed by atoms with Gasteiger partial charge in [0.2, 0.25) is 0 Å². The zero-order chi connectivity index (χ0) is 34.6. The quantitative estimate of drug-likeness (QED) is 0.177. The van der Waals surface area contributed by atoms with Gasteiger partial charge < -0.3 is 4.74 Å². The van der Waals surface area contributed by atoms with E-state index in [9.17, 15) is 0 Å². The molecule has 1 aliphatic carbocycles. The third-order valence-electron chi connectivity index (χ3n) is 10.3. The number of ether oxygens (including phenoxy) is 1. The fourth-order valence-corrected chi connectivity index (χ4v) is 8.13. The highest BCUT2D eigenvalue weighted by atomic mass is 16.5. The van der Waals surface area contributed by atoms with Crippen molar-refractivity contribution in [3.8, 4) is 84.0 Å². The van der Waals surface area contributed by atoms with Gasteiger partial charge >= 0.3 is 0 Å². The molecule has 0 spiro atoms. The average Bonchev–Trinajstić information content (AvgIpc) is 3.55. The SMILES string of the molecule is COc1cc(-c2cccc(-c3ccccn3)n2)cc(-c2ccc3c4c(cccc24)-c2c-3c(-c3ccccc3)c3ccccc3c2-c2ccccc2)c1. The Hall–Kier alpha value is -6.84. The minimum atomic E-state index is 0.785. The van der Waals surface area contributed by atoms with Crippen molar-refractivity contribution in [1.29, 1.82) is 0 Å². The third-order valence-corrected chi connectivity index (χ3v) is 10.3.